The summed E-state index contributed by atoms with van der Waals surface area (Å²) in [5, 5.41) is 3.54. The van der Waals surface area contributed by atoms with Gasteiger partial charge in [-0.25, -0.2) is 4.98 Å². The molecule has 0 saturated carbocycles. The molecule has 6 aromatic carbocycles. The van der Waals surface area contributed by atoms with Crippen molar-refractivity contribution in [1.82, 2.24) is 9.55 Å². The van der Waals surface area contributed by atoms with Crippen molar-refractivity contribution in [2.24, 2.45) is 0 Å². The molecule has 4 nitrogen and oxygen atoms in total. The summed E-state index contributed by atoms with van der Waals surface area (Å²) >= 11 is 0. The lowest BCUT2D eigenvalue weighted by atomic mass is 10.0. The van der Waals surface area contributed by atoms with Gasteiger partial charge >= 0.3 is 0 Å². The minimum Gasteiger partial charge on any atom is -0.454 e. The standard InChI is InChI=1S/C41H27N3O/c1-2-12-30(13-3-1)43(40-26-25-39-41(42-40)35-17-6-9-20-38(35)45-39)31-23-21-28(22-24-31)29-11-10-14-32(27-29)44-36-18-7-4-15-33(36)34-16-5-8-19-37(34)44/h1-27H. The molecule has 4 heteroatoms. The fourth-order valence-corrected chi connectivity index (χ4v) is 6.52. The highest BCUT2D eigenvalue weighted by atomic mass is 16.3. The van der Waals surface area contributed by atoms with E-state index in [1.165, 1.54) is 21.8 Å². The van der Waals surface area contributed by atoms with Gasteiger partial charge in [0.15, 0.2) is 5.58 Å². The molecule has 212 valence electrons. The van der Waals surface area contributed by atoms with Gasteiger partial charge in [0.25, 0.3) is 0 Å². The lowest BCUT2D eigenvalue weighted by molar-refractivity contribution is 0.668. The van der Waals surface area contributed by atoms with E-state index in [4.69, 9.17) is 9.40 Å². The van der Waals surface area contributed by atoms with Crippen LogP contribution in [0.15, 0.2) is 168 Å². The number of pyridine rings is 1. The number of hydrogen-bond acceptors (Lipinski definition) is 3. The van der Waals surface area contributed by atoms with Crippen molar-refractivity contribution in [2.75, 3.05) is 4.90 Å². The van der Waals surface area contributed by atoms with Crippen LogP contribution in [0.3, 0.4) is 0 Å². The number of benzene rings is 6. The van der Waals surface area contributed by atoms with Crippen molar-refractivity contribution in [3.05, 3.63) is 164 Å². The first-order chi connectivity index (χ1) is 22.3. The Morgan fingerprint density at radius 1 is 0.467 bits per heavy atom. The average molecular weight is 578 g/mol. The molecule has 0 bridgehead atoms. The van der Waals surface area contributed by atoms with Gasteiger partial charge in [0.2, 0.25) is 0 Å². The van der Waals surface area contributed by atoms with Crippen LogP contribution in [0.2, 0.25) is 0 Å². The zero-order valence-electron chi connectivity index (χ0n) is 24.3. The van der Waals surface area contributed by atoms with Crippen molar-refractivity contribution >= 4 is 61.1 Å². The third-order valence-electron chi connectivity index (χ3n) is 8.59. The number of anilines is 3. The number of para-hydroxylation sites is 4. The molecule has 3 heterocycles. The summed E-state index contributed by atoms with van der Waals surface area (Å²) in [5.41, 5.74) is 10.4. The van der Waals surface area contributed by atoms with Crippen molar-refractivity contribution in [3.63, 3.8) is 0 Å². The van der Waals surface area contributed by atoms with Crippen LogP contribution in [0.25, 0.3) is 60.7 Å². The van der Waals surface area contributed by atoms with Crippen LogP contribution in [0, 0.1) is 0 Å². The van der Waals surface area contributed by atoms with Gasteiger partial charge in [0, 0.05) is 33.2 Å². The van der Waals surface area contributed by atoms with Gasteiger partial charge in [-0.2, -0.15) is 0 Å². The lowest BCUT2D eigenvalue weighted by Gasteiger charge is -2.24. The van der Waals surface area contributed by atoms with Gasteiger partial charge in [0.05, 0.1) is 11.0 Å². The highest BCUT2D eigenvalue weighted by molar-refractivity contribution is 6.09. The molecular weight excluding hydrogens is 550 g/mol. The second kappa shape index (κ2) is 10.2. The predicted molar refractivity (Wildman–Crippen MR) is 186 cm³/mol. The number of fused-ring (bicyclic) bond motifs is 6. The van der Waals surface area contributed by atoms with Gasteiger partial charge in [-0.3, -0.25) is 4.90 Å². The summed E-state index contributed by atoms with van der Waals surface area (Å²) in [4.78, 5) is 7.31. The highest BCUT2D eigenvalue weighted by Gasteiger charge is 2.17. The molecule has 0 aliphatic rings. The third-order valence-corrected chi connectivity index (χ3v) is 8.59. The first-order valence-corrected chi connectivity index (χ1v) is 15.1. The first-order valence-electron chi connectivity index (χ1n) is 15.1. The Labute approximate surface area is 260 Å². The predicted octanol–water partition coefficient (Wildman–Crippen LogP) is 11.2. The van der Waals surface area contributed by atoms with Gasteiger partial charge in [-0.15, -0.1) is 0 Å². The molecule has 9 rings (SSSR count). The van der Waals surface area contributed by atoms with E-state index < -0.39 is 0 Å². The van der Waals surface area contributed by atoms with E-state index in [9.17, 15) is 0 Å². The summed E-state index contributed by atoms with van der Waals surface area (Å²) in [6.45, 7) is 0. The van der Waals surface area contributed by atoms with Crippen molar-refractivity contribution in [1.29, 1.82) is 0 Å². The highest BCUT2D eigenvalue weighted by Crippen LogP contribution is 2.38. The molecule has 9 aromatic rings. The summed E-state index contributed by atoms with van der Waals surface area (Å²) in [7, 11) is 0. The number of rotatable bonds is 5. The molecule has 0 radical (unpaired) electrons. The van der Waals surface area contributed by atoms with E-state index in [2.05, 4.69) is 137 Å². The monoisotopic (exact) mass is 577 g/mol. The van der Waals surface area contributed by atoms with Crippen LogP contribution in [0.4, 0.5) is 17.2 Å². The van der Waals surface area contributed by atoms with Crippen molar-refractivity contribution in [3.8, 4) is 16.8 Å². The molecule has 45 heavy (non-hydrogen) atoms. The summed E-state index contributed by atoms with van der Waals surface area (Å²) in [5.74, 6) is 0.835. The molecule has 3 aromatic heterocycles. The molecule has 0 unspecified atom stereocenters. The third kappa shape index (κ3) is 4.19. The lowest BCUT2D eigenvalue weighted by Crippen LogP contribution is -2.11. The number of furan rings is 1. The van der Waals surface area contributed by atoms with Gasteiger partial charge in [-0.05, 0) is 83.9 Å². The summed E-state index contributed by atoms with van der Waals surface area (Å²) in [6.07, 6.45) is 0. The van der Waals surface area contributed by atoms with Crippen LogP contribution < -0.4 is 4.90 Å². The first kappa shape index (κ1) is 25.4. The minimum atomic E-state index is 0.784. The van der Waals surface area contributed by atoms with Crippen LogP contribution in [0.5, 0.6) is 0 Å². The summed E-state index contributed by atoms with van der Waals surface area (Å²) in [6, 6.07) is 57.3. The number of hydrogen-bond donors (Lipinski definition) is 0. The Kier molecular flexibility index (Phi) is 5.78. The zero-order chi connectivity index (χ0) is 29.7. The molecule has 0 aliphatic heterocycles. The molecule has 0 N–H and O–H groups in total. The fraction of sp³-hybridized carbons (Fsp3) is 0. The van der Waals surface area contributed by atoms with E-state index in [1.807, 2.05) is 36.4 Å². The van der Waals surface area contributed by atoms with E-state index in [-0.39, 0.29) is 0 Å². The van der Waals surface area contributed by atoms with Crippen LogP contribution in [0.1, 0.15) is 0 Å². The van der Waals surface area contributed by atoms with Crippen molar-refractivity contribution in [2.45, 2.75) is 0 Å². The molecule has 0 atom stereocenters. The average Bonchev–Trinajstić information content (AvgIpc) is 3.65. The molecule has 0 saturated heterocycles. The molecule has 0 aliphatic carbocycles. The number of nitrogens with zero attached hydrogens (tertiary/aromatic N) is 3. The topological polar surface area (TPSA) is 34.2 Å². The summed E-state index contributed by atoms with van der Waals surface area (Å²) < 4.78 is 8.43. The van der Waals surface area contributed by atoms with E-state index in [0.29, 0.717) is 0 Å². The van der Waals surface area contributed by atoms with Gasteiger partial charge in [-0.1, -0.05) is 91.0 Å². The normalized spacial score (nSPS) is 11.6. The van der Waals surface area contributed by atoms with E-state index >= 15 is 0 Å². The zero-order valence-corrected chi connectivity index (χ0v) is 24.3. The minimum absolute atomic E-state index is 0.784. The Hall–Kier alpha value is -6.13. The maximum atomic E-state index is 6.06. The maximum absolute atomic E-state index is 6.06. The van der Waals surface area contributed by atoms with Crippen LogP contribution in [-0.2, 0) is 0 Å². The Bertz CT molecular complexity index is 2440. The van der Waals surface area contributed by atoms with E-state index in [1.54, 1.807) is 0 Å². The quantitative estimate of drug-likeness (QED) is 0.204. The van der Waals surface area contributed by atoms with Crippen LogP contribution in [-0.4, -0.2) is 9.55 Å². The van der Waals surface area contributed by atoms with Gasteiger partial charge in [0.1, 0.15) is 16.9 Å². The Morgan fingerprint density at radius 3 is 1.87 bits per heavy atom. The molecular formula is C41H27N3O. The van der Waals surface area contributed by atoms with Crippen LogP contribution >= 0.6 is 0 Å². The molecule has 0 amide bonds. The Balaban J connectivity index is 1.13. The molecule has 0 fully saturated rings. The Morgan fingerprint density at radius 2 is 1.11 bits per heavy atom. The van der Waals surface area contributed by atoms with Crippen molar-refractivity contribution < 1.29 is 4.42 Å². The SMILES string of the molecule is c1ccc(N(c2ccc(-c3cccc(-n4c5ccccc5c5ccccc54)c3)cc2)c2ccc3oc4ccccc4c3n2)cc1. The second-order valence-electron chi connectivity index (χ2n) is 11.3. The maximum Gasteiger partial charge on any atom is 0.154 e. The second-order valence-corrected chi connectivity index (χ2v) is 11.3. The van der Waals surface area contributed by atoms with E-state index in [0.717, 1.165) is 56.1 Å². The smallest absolute Gasteiger partial charge is 0.154 e. The van der Waals surface area contributed by atoms with Gasteiger partial charge < -0.3 is 8.98 Å². The fourth-order valence-electron chi connectivity index (χ4n) is 6.52. The number of aromatic nitrogens is 2. The molecule has 0 spiro atoms. The largest absolute Gasteiger partial charge is 0.454 e.